The second-order valence-electron chi connectivity index (χ2n) is 12.4. The van der Waals surface area contributed by atoms with Crippen LogP contribution in [-0.2, 0) is 4.74 Å². The van der Waals surface area contributed by atoms with Crippen molar-refractivity contribution in [1.82, 2.24) is 15.1 Å². The number of hydrogen-bond acceptors (Lipinski definition) is 6. The van der Waals surface area contributed by atoms with Crippen molar-refractivity contribution in [2.24, 2.45) is 0 Å². The Balaban J connectivity index is 1.16. The lowest BCUT2D eigenvalue weighted by molar-refractivity contribution is 0.0502. The lowest BCUT2D eigenvalue weighted by atomic mass is 9.94. The normalized spacial score (nSPS) is 21.3. The number of thiophene rings is 1. The lowest BCUT2D eigenvalue weighted by Gasteiger charge is -2.41. The van der Waals surface area contributed by atoms with Crippen LogP contribution in [0.4, 0.5) is 10.5 Å². The molecule has 1 atom stereocenters. The van der Waals surface area contributed by atoms with E-state index in [1.54, 1.807) is 11.3 Å². The van der Waals surface area contributed by atoms with E-state index in [-0.39, 0.29) is 11.9 Å². The molecule has 7 nitrogen and oxygen atoms in total. The van der Waals surface area contributed by atoms with Crippen molar-refractivity contribution in [3.63, 3.8) is 0 Å². The number of hydrogen-bond donors (Lipinski definition) is 1. The van der Waals surface area contributed by atoms with Gasteiger partial charge in [0, 0.05) is 55.9 Å². The first-order valence-electron chi connectivity index (χ1n) is 14.6. The predicted octanol–water partition coefficient (Wildman–Crippen LogP) is 5.92. The van der Waals surface area contributed by atoms with Crippen molar-refractivity contribution in [2.75, 3.05) is 44.2 Å². The van der Waals surface area contributed by atoms with Gasteiger partial charge in [0.25, 0.3) is 5.91 Å². The molecular formula is C31H44N4O3S. The second-order valence-corrected chi connectivity index (χ2v) is 13.4. The summed E-state index contributed by atoms with van der Waals surface area (Å²) in [6.45, 7) is 13.2. The number of benzene rings is 1. The van der Waals surface area contributed by atoms with Crippen LogP contribution in [0.15, 0.2) is 30.3 Å². The number of nitrogens with one attached hydrogen (secondary N) is 1. The highest BCUT2D eigenvalue weighted by atomic mass is 32.1. The standard InChI is InChI=1S/C31H44N4O3S/c1-22-20-27(39-28(22)29(36)35-15-14-24(21-35)32-30(37)38-31(2,3)4)23-10-12-26(13-11-23)34-18-16-33(17-19-34)25-8-6-5-7-9-25/h10-13,20,24-25H,5-9,14-19,21H2,1-4H3,(H,32,37)/t24-/m0/s1. The number of aryl methyl sites for hydroxylation is 1. The van der Waals surface area contributed by atoms with Crippen LogP contribution in [0.25, 0.3) is 10.4 Å². The Bertz CT molecular complexity index is 1140. The third kappa shape index (κ3) is 6.95. The first kappa shape index (κ1) is 28.0. The molecule has 1 saturated carbocycles. The number of likely N-dealkylation sites (tertiary alicyclic amines) is 1. The molecule has 0 bridgehead atoms. The van der Waals surface area contributed by atoms with E-state index < -0.39 is 11.7 Å². The average molecular weight is 553 g/mol. The first-order chi connectivity index (χ1) is 18.7. The summed E-state index contributed by atoms with van der Waals surface area (Å²) in [5.74, 6) is 0.0460. The van der Waals surface area contributed by atoms with Crippen LogP contribution in [0.2, 0.25) is 0 Å². The van der Waals surface area contributed by atoms with Gasteiger partial charge in [0.2, 0.25) is 0 Å². The fourth-order valence-electron chi connectivity index (χ4n) is 6.15. The van der Waals surface area contributed by atoms with Crippen LogP contribution in [-0.4, -0.2) is 78.8 Å². The highest BCUT2D eigenvalue weighted by Crippen LogP contribution is 2.34. The number of rotatable bonds is 5. The topological polar surface area (TPSA) is 65.1 Å². The number of amides is 2. The van der Waals surface area contributed by atoms with Gasteiger partial charge in [-0.25, -0.2) is 4.79 Å². The van der Waals surface area contributed by atoms with E-state index in [4.69, 9.17) is 4.74 Å². The maximum absolute atomic E-state index is 13.4. The van der Waals surface area contributed by atoms with Gasteiger partial charge >= 0.3 is 6.09 Å². The van der Waals surface area contributed by atoms with Crippen molar-refractivity contribution in [1.29, 1.82) is 0 Å². The molecule has 2 aromatic rings. The van der Waals surface area contributed by atoms with Crippen molar-refractivity contribution < 1.29 is 14.3 Å². The van der Waals surface area contributed by atoms with Crippen molar-refractivity contribution in [2.45, 2.75) is 83.9 Å². The van der Waals surface area contributed by atoms with Gasteiger partial charge in [-0.2, -0.15) is 0 Å². The highest BCUT2D eigenvalue weighted by Gasteiger charge is 2.31. The highest BCUT2D eigenvalue weighted by molar-refractivity contribution is 7.17. The van der Waals surface area contributed by atoms with Gasteiger partial charge in [0.1, 0.15) is 5.60 Å². The van der Waals surface area contributed by atoms with Crippen LogP contribution in [0.5, 0.6) is 0 Å². The Morgan fingerprint density at radius 1 is 0.949 bits per heavy atom. The van der Waals surface area contributed by atoms with Gasteiger partial charge < -0.3 is 19.9 Å². The van der Waals surface area contributed by atoms with Gasteiger partial charge in [0.05, 0.1) is 10.9 Å². The maximum atomic E-state index is 13.4. The predicted molar refractivity (Wildman–Crippen MR) is 159 cm³/mol. The van der Waals surface area contributed by atoms with Crippen LogP contribution >= 0.6 is 11.3 Å². The first-order valence-corrected chi connectivity index (χ1v) is 15.5. The molecule has 1 aromatic carbocycles. The molecule has 2 saturated heterocycles. The van der Waals surface area contributed by atoms with E-state index in [0.29, 0.717) is 13.1 Å². The minimum absolute atomic E-state index is 0.0460. The fraction of sp³-hybridized carbons (Fsp3) is 0.613. The van der Waals surface area contributed by atoms with E-state index in [1.807, 2.05) is 32.6 Å². The van der Waals surface area contributed by atoms with Crippen molar-refractivity contribution >= 4 is 29.0 Å². The zero-order valence-electron chi connectivity index (χ0n) is 24.0. The Morgan fingerprint density at radius 2 is 1.64 bits per heavy atom. The number of anilines is 1. The summed E-state index contributed by atoms with van der Waals surface area (Å²) in [7, 11) is 0. The average Bonchev–Trinajstić information content (AvgIpc) is 3.54. The number of carbonyl (C=O) groups is 2. The summed E-state index contributed by atoms with van der Waals surface area (Å²) in [5, 5.41) is 2.91. The molecule has 3 aliphatic rings. The molecule has 0 unspecified atom stereocenters. The third-order valence-corrected chi connectivity index (χ3v) is 9.50. The largest absolute Gasteiger partial charge is 0.444 e. The van der Waals surface area contributed by atoms with E-state index in [2.05, 4.69) is 45.4 Å². The van der Waals surface area contributed by atoms with Gasteiger partial charge in [-0.15, -0.1) is 11.3 Å². The lowest BCUT2D eigenvalue weighted by Crippen LogP contribution is -2.50. The summed E-state index contributed by atoms with van der Waals surface area (Å²) >= 11 is 1.56. The molecule has 212 valence electrons. The number of piperazine rings is 1. The molecule has 39 heavy (non-hydrogen) atoms. The van der Waals surface area contributed by atoms with E-state index in [1.165, 1.54) is 37.8 Å². The van der Waals surface area contributed by atoms with E-state index in [9.17, 15) is 9.59 Å². The van der Waals surface area contributed by atoms with Crippen LogP contribution in [0.1, 0.15) is 74.5 Å². The van der Waals surface area contributed by atoms with Crippen molar-refractivity contribution in [3.05, 3.63) is 40.8 Å². The SMILES string of the molecule is Cc1cc(-c2ccc(N3CCN(C4CCCCC4)CC3)cc2)sc1C(=O)N1CC[C@H](NC(=O)OC(C)(C)C)C1. The van der Waals surface area contributed by atoms with E-state index >= 15 is 0 Å². The Labute approximate surface area is 237 Å². The molecule has 1 aromatic heterocycles. The Hall–Kier alpha value is -2.58. The summed E-state index contributed by atoms with van der Waals surface area (Å²) < 4.78 is 5.37. The zero-order valence-corrected chi connectivity index (χ0v) is 24.8. The second kappa shape index (κ2) is 11.9. The molecule has 3 fully saturated rings. The summed E-state index contributed by atoms with van der Waals surface area (Å²) in [4.78, 5) is 34.5. The number of nitrogens with zero attached hydrogens (tertiary/aromatic N) is 3. The molecule has 5 rings (SSSR count). The molecule has 1 N–H and O–H groups in total. The molecular weight excluding hydrogens is 508 g/mol. The third-order valence-electron chi connectivity index (χ3n) is 8.23. The number of alkyl carbamates (subject to hydrolysis) is 1. The number of ether oxygens (including phenoxy) is 1. The fourth-order valence-corrected chi connectivity index (χ4v) is 7.29. The maximum Gasteiger partial charge on any atom is 0.407 e. The molecule has 0 radical (unpaired) electrons. The molecule has 3 heterocycles. The van der Waals surface area contributed by atoms with Crippen LogP contribution in [0, 0.1) is 6.92 Å². The number of carbonyl (C=O) groups excluding carboxylic acids is 2. The quantitative estimate of drug-likeness (QED) is 0.499. The summed E-state index contributed by atoms with van der Waals surface area (Å²) in [6.07, 6.45) is 7.26. The zero-order chi connectivity index (χ0) is 27.6. The van der Waals surface area contributed by atoms with Gasteiger partial charge in [-0.1, -0.05) is 31.4 Å². The van der Waals surface area contributed by atoms with Crippen LogP contribution in [0.3, 0.4) is 0 Å². The molecule has 2 amide bonds. The minimum atomic E-state index is -0.537. The Morgan fingerprint density at radius 3 is 2.31 bits per heavy atom. The summed E-state index contributed by atoms with van der Waals surface area (Å²) in [5.41, 5.74) is 2.90. The minimum Gasteiger partial charge on any atom is -0.444 e. The van der Waals surface area contributed by atoms with Crippen LogP contribution < -0.4 is 10.2 Å². The summed E-state index contributed by atoms with van der Waals surface area (Å²) in [6, 6.07) is 11.7. The molecule has 2 aliphatic heterocycles. The van der Waals surface area contributed by atoms with E-state index in [0.717, 1.165) is 59.5 Å². The Kier molecular flexibility index (Phi) is 8.52. The molecule has 8 heteroatoms. The van der Waals surface area contributed by atoms with Crippen molar-refractivity contribution in [3.8, 4) is 10.4 Å². The monoisotopic (exact) mass is 552 g/mol. The van der Waals surface area contributed by atoms with Gasteiger partial charge in [-0.3, -0.25) is 9.69 Å². The molecule has 1 aliphatic carbocycles. The molecule has 0 spiro atoms. The van der Waals surface area contributed by atoms with Gasteiger partial charge in [0.15, 0.2) is 0 Å². The smallest absolute Gasteiger partial charge is 0.407 e. The van der Waals surface area contributed by atoms with Gasteiger partial charge in [-0.05, 0) is 76.3 Å².